The Morgan fingerprint density at radius 2 is 1.58 bits per heavy atom. The number of para-hydroxylation sites is 2. The van der Waals surface area contributed by atoms with Crippen molar-refractivity contribution >= 4 is 33.6 Å². The van der Waals surface area contributed by atoms with E-state index >= 15 is 0 Å². The van der Waals surface area contributed by atoms with Crippen LogP contribution in [-0.2, 0) is 19.7 Å². The van der Waals surface area contributed by atoms with E-state index in [1.807, 2.05) is 9.80 Å². The summed E-state index contributed by atoms with van der Waals surface area (Å²) in [7, 11) is 0. The molecule has 3 aliphatic rings. The molecule has 0 saturated carbocycles. The van der Waals surface area contributed by atoms with Gasteiger partial charge in [0.1, 0.15) is 0 Å². The molecule has 3 fully saturated rings. The minimum Gasteiger partial charge on any atom is -0.376 e. The lowest BCUT2D eigenvalue weighted by atomic mass is 9.67. The van der Waals surface area contributed by atoms with Gasteiger partial charge in [-0.1, -0.05) is 36.4 Å². The van der Waals surface area contributed by atoms with Crippen LogP contribution in [0, 0.1) is 5.92 Å². The lowest BCUT2D eigenvalue weighted by Crippen LogP contribution is -2.48. The molecule has 3 aliphatic heterocycles. The van der Waals surface area contributed by atoms with Crippen molar-refractivity contribution in [2.45, 2.75) is 43.6 Å². The number of rotatable bonds is 5. The van der Waals surface area contributed by atoms with Crippen molar-refractivity contribution in [2.24, 2.45) is 5.92 Å². The maximum atomic E-state index is 13.6. The SMILES string of the molecule is O=C1C[C@@H](C(=O)N2CCC(c3c[nH]c4ccccc34)(c3c[nH]c4ccccc34)CC2)CN1C[C@@H]1CCCO1. The molecule has 7 nitrogen and oxygen atoms in total. The Hall–Kier alpha value is -3.58. The molecule has 2 aromatic carbocycles. The normalized spacial score (nSPS) is 23.6. The highest BCUT2D eigenvalue weighted by molar-refractivity contribution is 5.91. The van der Waals surface area contributed by atoms with Crippen molar-refractivity contribution in [3.8, 4) is 0 Å². The van der Waals surface area contributed by atoms with Gasteiger partial charge in [0.15, 0.2) is 0 Å². The van der Waals surface area contributed by atoms with Crippen molar-refractivity contribution in [3.63, 3.8) is 0 Å². The number of aromatic amines is 2. The van der Waals surface area contributed by atoms with Crippen LogP contribution in [0.25, 0.3) is 21.8 Å². The van der Waals surface area contributed by atoms with Gasteiger partial charge in [0, 0.05) is 78.8 Å². The lowest BCUT2D eigenvalue weighted by molar-refractivity contribution is -0.137. The molecule has 3 saturated heterocycles. The first-order chi connectivity index (χ1) is 18.6. The van der Waals surface area contributed by atoms with Crippen LogP contribution >= 0.6 is 0 Å². The van der Waals surface area contributed by atoms with Crippen molar-refractivity contribution in [1.82, 2.24) is 19.8 Å². The number of benzene rings is 2. The number of aromatic nitrogens is 2. The van der Waals surface area contributed by atoms with Crippen LogP contribution in [0.3, 0.4) is 0 Å². The molecule has 7 rings (SSSR count). The average Bonchev–Trinajstić information content (AvgIpc) is 3.76. The molecule has 7 heteroatoms. The molecule has 38 heavy (non-hydrogen) atoms. The van der Waals surface area contributed by atoms with Gasteiger partial charge in [0.2, 0.25) is 11.8 Å². The van der Waals surface area contributed by atoms with Crippen LogP contribution in [-0.4, -0.2) is 70.5 Å². The van der Waals surface area contributed by atoms with Gasteiger partial charge in [-0.15, -0.1) is 0 Å². The largest absolute Gasteiger partial charge is 0.376 e. The highest BCUT2D eigenvalue weighted by atomic mass is 16.5. The van der Waals surface area contributed by atoms with Crippen molar-refractivity contribution < 1.29 is 14.3 Å². The molecule has 2 aromatic heterocycles. The number of carbonyl (C=O) groups is 2. The van der Waals surface area contributed by atoms with Crippen LogP contribution < -0.4 is 0 Å². The van der Waals surface area contributed by atoms with Crippen LogP contribution in [0.15, 0.2) is 60.9 Å². The predicted octanol–water partition coefficient (Wildman–Crippen LogP) is 4.59. The molecule has 0 bridgehead atoms. The molecule has 2 amide bonds. The van der Waals surface area contributed by atoms with E-state index in [9.17, 15) is 9.59 Å². The van der Waals surface area contributed by atoms with Crippen LogP contribution in [0.4, 0.5) is 0 Å². The zero-order valence-corrected chi connectivity index (χ0v) is 21.6. The highest BCUT2D eigenvalue weighted by Crippen LogP contribution is 2.47. The summed E-state index contributed by atoms with van der Waals surface area (Å²) in [5.41, 5.74) is 4.65. The van der Waals surface area contributed by atoms with Gasteiger partial charge in [-0.2, -0.15) is 0 Å². The predicted molar refractivity (Wildman–Crippen MR) is 147 cm³/mol. The van der Waals surface area contributed by atoms with E-state index in [4.69, 9.17) is 4.74 Å². The summed E-state index contributed by atoms with van der Waals surface area (Å²) in [6.45, 7) is 3.26. The number of nitrogens with one attached hydrogen (secondary N) is 2. The number of H-pyrrole nitrogens is 2. The Labute approximate surface area is 222 Å². The van der Waals surface area contributed by atoms with Gasteiger partial charge in [-0.05, 0) is 48.9 Å². The van der Waals surface area contributed by atoms with E-state index in [1.54, 1.807) is 0 Å². The summed E-state index contributed by atoms with van der Waals surface area (Å²) >= 11 is 0. The van der Waals surface area contributed by atoms with Gasteiger partial charge >= 0.3 is 0 Å². The maximum absolute atomic E-state index is 13.6. The van der Waals surface area contributed by atoms with E-state index in [1.165, 1.54) is 21.9 Å². The van der Waals surface area contributed by atoms with Crippen LogP contribution in [0.5, 0.6) is 0 Å². The Balaban J connectivity index is 1.15. The molecule has 0 aliphatic carbocycles. The smallest absolute Gasteiger partial charge is 0.227 e. The number of carbonyl (C=O) groups excluding carboxylic acids is 2. The molecule has 196 valence electrons. The van der Waals surface area contributed by atoms with Gasteiger partial charge in [-0.3, -0.25) is 9.59 Å². The third kappa shape index (κ3) is 3.83. The Kier molecular flexibility index (Phi) is 5.77. The second-order valence-electron chi connectivity index (χ2n) is 11.2. The van der Waals surface area contributed by atoms with E-state index in [0.717, 1.165) is 43.3 Å². The van der Waals surface area contributed by atoms with Crippen molar-refractivity contribution in [1.29, 1.82) is 0 Å². The number of hydrogen-bond donors (Lipinski definition) is 2. The second-order valence-corrected chi connectivity index (χ2v) is 11.2. The maximum Gasteiger partial charge on any atom is 0.227 e. The molecule has 2 N–H and O–H groups in total. The average molecular weight is 511 g/mol. The lowest BCUT2D eigenvalue weighted by Gasteiger charge is -2.43. The first kappa shape index (κ1) is 23.5. The summed E-state index contributed by atoms with van der Waals surface area (Å²) in [5, 5.41) is 2.48. The zero-order chi connectivity index (χ0) is 25.7. The number of likely N-dealkylation sites (tertiary alicyclic amines) is 2. The van der Waals surface area contributed by atoms with Gasteiger partial charge in [0.25, 0.3) is 0 Å². The summed E-state index contributed by atoms with van der Waals surface area (Å²) < 4.78 is 5.74. The summed E-state index contributed by atoms with van der Waals surface area (Å²) in [4.78, 5) is 37.2. The van der Waals surface area contributed by atoms with Crippen LogP contribution in [0.2, 0.25) is 0 Å². The topological polar surface area (TPSA) is 81.4 Å². The van der Waals surface area contributed by atoms with E-state index < -0.39 is 0 Å². The third-order valence-corrected chi connectivity index (χ3v) is 9.15. The number of hydrogen-bond acceptors (Lipinski definition) is 3. The van der Waals surface area contributed by atoms with Crippen molar-refractivity contribution in [2.75, 3.05) is 32.8 Å². The highest BCUT2D eigenvalue weighted by Gasteiger charge is 2.44. The fourth-order valence-corrected chi connectivity index (χ4v) is 7.13. The quantitative estimate of drug-likeness (QED) is 0.412. The second kappa shape index (κ2) is 9.31. The summed E-state index contributed by atoms with van der Waals surface area (Å²) in [6.07, 6.45) is 8.50. The first-order valence-electron chi connectivity index (χ1n) is 13.9. The van der Waals surface area contributed by atoms with E-state index in [0.29, 0.717) is 32.6 Å². The third-order valence-electron chi connectivity index (χ3n) is 9.15. The Morgan fingerprint density at radius 1 is 0.947 bits per heavy atom. The van der Waals surface area contributed by atoms with Gasteiger partial charge in [0.05, 0.1) is 12.0 Å². The van der Waals surface area contributed by atoms with E-state index in [-0.39, 0.29) is 29.3 Å². The molecular weight excluding hydrogens is 476 g/mol. The Bertz CT molecular complexity index is 1410. The first-order valence-corrected chi connectivity index (χ1v) is 13.9. The molecule has 0 spiro atoms. The minimum absolute atomic E-state index is 0.0859. The van der Waals surface area contributed by atoms with Gasteiger partial charge in [-0.25, -0.2) is 0 Å². The molecule has 5 heterocycles. The monoisotopic (exact) mass is 510 g/mol. The Morgan fingerprint density at radius 3 is 2.18 bits per heavy atom. The molecule has 0 unspecified atom stereocenters. The number of ether oxygens (including phenoxy) is 1. The number of nitrogens with zero attached hydrogens (tertiary/aromatic N) is 2. The molecule has 2 atom stereocenters. The van der Waals surface area contributed by atoms with Crippen LogP contribution in [0.1, 0.15) is 43.2 Å². The fourth-order valence-electron chi connectivity index (χ4n) is 7.13. The minimum atomic E-state index is -0.252. The zero-order valence-electron chi connectivity index (χ0n) is 21.6. The summed E-state index contributed by atoms with van der Waals surface area (Å²) in [6, 6.07) is 17.0. The molecule has 4 aromatic rings. The summed E-state index contributed by atoms with van der Waals surface area (Å²) in [5.74, 6) is -0.0417. The van der Waals surface area contributed by atoms with E-state index in [2.05, 4.69) is 70.9 Å². The fraction of sp³-hybridized carbons (Fsp3) is 0.419. The number of piperidine rings is 1. The van der Waals surface area contributed by atoms with Crippen molar-refractivity contribution in [3.05, 3.63) is 72.1 Å². The number of fused-ring (bicyclic) bond motifs is 2. The molecule has 0 radical (unpaired) electrons. The standard InChI is InChI=1S/C31H34N4O3/c36-29-16-21(19-35(29)20-22-6-5-15-38-22)30(37)34-13-11-31(12-14-34,25-17-32-27-9-3-1-7-23(25)27)26-18-33-28-10-4-2-8-24(26)28/h1-4,7-10,17-18,21-22,32-33H,5-6,11-16,19-20H2/t21-,22+/m1/s1. The number of amides is 2. The molecular formula is C31H34N4O3. The van der Waals surface area contributed by atoms with Gasteiger partial charge < -0.3 is 24.5 Å².